The van der Waals surface area contributed by atoms with Gasteiger partial charge in [0.2, 0.25) is 5.82 Å². The van der Waals surface area contributed by atoms with Crippen LogP contribution in [0.25, 0.3) is 0 Å². The molecule has 0 spiro atoms. The smallest absolute Gasteiger partial charge is 0.267 e. The largest absolute Gasteiger partial charge is 0.414 e. The van der Waals surface area contributed by atoms with Gasteiger partial charge in [-0.25, -0.2) is 9.87 Å². The molecule has 0 atom stereocenters. The molecule has 6 nitrogen and oxygen atoms in total. The Hall–Kier alpha value is -2.30. The fraction of sp³-hybridized carbons (Fsp3) is 0.222. The molecule has 0 aromatic heterocycles. The molecule has 20 heavy (non-hydrogen) atoms. The number of amides is 1. The average molecular weight is 300 g/mol. The highest BCUT2D eigenvalue weighted by Crippen LogP contribution is 2.22. The highest BCUT2D eigenvalue weighted by Gasteiger charge is 2.29. The van der Waals surface area contributed by atoms with Crippen LogP contribution in [0.5, 0.6) is 0 Å². The Morgan fingerprint density at radius 2 is 1.95 bits per heavy atom. The van der Waals surface area contributed by atoms with Crippen LogP contribution in [0.3, 0.4) is 0 Å². The molecule has 0 radical (unpaired) electrons. The molecular weight excluding hydrogens is 295 g/mol. The SMILES string of the molecule is O=C(NOCC(F)(F)F)c1cc(F)cc([N+](=O)[O-])c1F. The van der Waals surface area contributed by atoms with Gasteiger partial charge in [-0.05, 0) is 6.07 Å². The third kappa shape index (κ3) is 4.12. The minimum Gasteiger partial charge on any atom is -0.267 e. The summed E-state index contributed by atoms with van der Waals surface area (Å²) in [7, 11) is 0. The molecule has 0 heterocycles. The minimum atomic E-state index is -4.75. The number of nitrogens with zero attached hydrogens (tertiary/aromatic N) is 1. The molecule has 0 aliphatic rings. The van der Waals surface area contributed by atoms with Crippen molar-refractivity contribution >= 4 is 11.6 Å². The van der Waals surface area contributed by atoms with E-state index in [1.165, 1.54) is 5.48 Å². The molecule has 0 aliphatic carbocycles. The van der Waals surface area contributed by atoms with Crippen LogP contribution in [0, 0.1) is 21.7 Å². The third-order valence-electron chi connectivity index (χ3n) is 1.86. The van der Waals surface area contributed by atoms with Gasteiger partial charge in [-0.1, -0.05) is 0 Å². The number of nitro benzene ring substituents is 1. The molecule has 1 aromatic carbocycles. The number of hydrogen-bond donors (Lipinski definition) is 1. The summed E-state index contributed by atoms with van der Waals surface area (Å²) < 4.78 is 61.6. The Morgan fingerprint density at radius 3 is 2.45 bits per heavy atom. The van der Waals surface area contributed by atoms with E-state index in [1.54, 1.807) is 0 Å². The van der Waals surface area contributed by atoms with Crippen LogP contribution in [0.2, 0.25) is 0 Å². The van der Waals surface area contributed by atoms with E-state index in [1.807, 2.05) is 0 Å². The van der Waals surface area contributed by atoms with E-state index in [-0.39, 0.29) is 12.1 Å². The van der Waals surface area contributed by atoms with E-state index >= 15 is 0 Å². The second-order valence-corrected chi connectivity index (χ2v) is 3.38. The number of benzene rings is 1. The Labute approximate surface area is 107 Å². The van der Waals surface area contributed by atoms with Gasteiger partial charge in [0.15, 0.2) is 6.61 Å². The van der Waals surface area contributed by atoms with Crippen molar-refractivity contribution in [1.29, 1.82) is 0 Å². The van der Waals surface area contributed by atoms with Crippen molar-refractivity contribution in [1.82, 2.24) is 5.48 Å². The Morgan fingerprint density at radius 1 is 1.35 bits per heavy atom. The zero-order valence-electron chi connectivity index (χ0n) is 9.33. The van der Waals surface area contributed by atoms with E-state index in [9.17, 15) is 36.9 Å². The standard InChI is InChI=1S/C9H5F5N2O4/c10-4-1-5(7(11)6(2-4)16(18)19)8(17)15-20-3-9(12,13)14/h1-2H,3H2,(H,15,17). The number of carbonyl (C=O) groups excluding carboxylic acids is 1. The number of hydrogen-bond acceptors (Lipinski definition) is 4. The normalized spacial score (nSPS) is 11.2. The quantitative estimate of drug-likeness (QED) is 0.524. The van der Waals surface area contributed by atoms with Crippen LogP contribution in [0.4, 0.5) is 27.6 Å². The van der Waals surface area contributed by atoms with Gasteiger partial charge in [-0.3, -0.25) is 19.7 Å². The number of rotatable bonds is 4. The molecule has 1 N–H and O–H groups in total. The first-order valence-corrected chi connectivity index (χ1v) is 4.74. The molecule has 0 fully saturated rings. The third-order valence-corrected chi connectivity index (χ3v) is 1.86. The van der Waals surface area contributed by atoms with E-state index in [2.05, 4.69) is 4.84 Å². The molecule has 0 saturated heterocycles. The summed E-state index contributed by atoms with van der Waals surface area (Å²) in [4.78, 5) is 24.1. The first-order valence-electron chi connectivity index (χ1n) is 4.74. The fourth-order valence-corrected chi connectivity index (χ4v) is 1.11. The number of alkyl halides is 3. The summed E-state index contributed by atoms with van der Waals surface area (Å²) in [5, 5.41) is 10.4. The van der Waals surface area contributed by atoms with Gasteiger partial charge in [0.25, 0.3) is 5.91 Å². The number of hydroxylamine groups is 1. The van der Waals surface area contributed by atoms with E-state index < -0.39 is 46.5 Å². The van der Waals surface area contributed by atoms with Gasteiger partial charge >= 0.3 is 11.9 Å². The zero-order chi connectivity index (χ0) is 15.5. The predicted octanol–water partition coefficient (Wildman–Crippen LogP) is 2.10. The van der Waals surface area contributed by atoms with Crippen molar-refractivity contribution in [3.05, 3.63) is 39.4 Å². The molecule has 110 valence electrons. The number of carbonyl (C=O) groups is 1. The van der Waals surface area contributed by atoms with Crippen molar-refractivity contribution in [2.75, 3.05) is 6.61 Å². The van der Waals surface area contributed by atoms with Crippen molar-refractivity contribution in [3.8, 4) is 0 Å². The molecule has 0 bridgehead atoms. The molecular formula is C9H5F5N2O4. The monoisotopic (exact) mass is 300 g/mol. The van der Waals surface area contributed by atoms with Crippen LogP contribution < -0.4 is 5.48 Å². The Kier molecular flexibility index (Phi) is 4.55. The Bertz CT molecular complexity index is 546. The topological polar surface area (TPSA) is 81.5 Å². The second-order valence-electron chi connectivity index (χ2n) is 3.38. The minimum absolute atomic E-state index is 0.225. The van der Waals surface area contributed by atoms with Gasteiger partial charge in [-0.15, -0.1) is 0 Å². The summed E-state index contributed by atoms with van der Waals surface area (Å²) in [6, 6.07) is 0.511. The van der Waals surface area contributed by atoms with Crippen LogP contribution >= 0.6 is 0 Å². The number of halogens is 5. The van der Waals surface area contributed by atoms with Gasteiger partial charge in [0.05, 0.1) is 16.6 Å². The van der Waals surface area contributed by atoms with Crippen LogP contribution in [-0.4, -0.2) is 23.6 Å². The molecule has 11 heteroatoms. The maximum atomic E-state index is 13.5. The van der Waals surface area contributed by atoms with Crippen LogP contribution in [-0.2, 0) is 4.84 Å². The lowest BCUT2D eigenvalue weighted by Crippen LogP contribution is -2.30. The summed E-state index contributed by atoms with van der Waals surface area (Å²) in [6.07, 6.45) is -4.75. The van der Waals surface area contributed by atoms with Gasteiger partial charge in [0, 0.05) is 0 Å². The van der Waals surface area contributed by atoms with Crippen LogP contribution in [0.15, 0.2) is 12.1 Å². The van der Waals surface area contributed by atoms with Gasteiger partial charge < -0.3 is 0 Å². The van der Waals surface area contributed by atoms with Crippen molar-refractivity contribution < 1.29 is 36.5 Å². The molecule has 1 amide bonds. The highest BCUT2D eigenvalue weighted by molar-refractivity contribution is 5.94. The summed E-state index contributed by atoms with van der Waals surface area (Å²) >= 11 is 0. The summed E-state index contributed by atoms with van der Waals surface area (Å²) in [5.41, 5.74) is -1.28. The van der Waals surface area contributed by atoms with Gasteiger partial charge in [0.1, 0.15) is 5.82 Å². The van der Waals surface area contributed by atoms with E-state index in [0.717, 1.165) is 0 Å². The number of nitro groups is 1. The van der Waals surface area contributed by atoms with Crippen molar-refractivity contribution in [2.45, 2.75) is 6.18 Å². The average Bonchev–Trinajstić information content (AvgIpc) is 2.29. The maximum absolute atomic E-state index is 13.5. The molecule has 0 aliphatic heterocycles. The Balaban J connectivity index is 2.91. The highest BCUT2D eigenvalue weighted by atomic mass is 19.4. The molecule has 1 rings (SSSR count). The first-order chi connectivity index (χ1) is 9.11. The first kappa shape index (κ1) is 15.8. The maximum Gasteiger partial charge on any atom is 0.414 e. The molecule has 1 aromatic rings. The van der Waals surface area contributed by atoms with E-state index in [0.29, 0.717) is 0 Å². The zero-order valence-corrected chi connectivity index (χ0v) is 9.33. The van der Waals surface area contributed by atoms with Crippen molar-refractivity contribution in [3.63, 3.8) is 0 Å². The van der Waals surface area contributed by atoms with E-state index in [4.69, 9.17) is 0 Å². The second kappa shape index (κ2) is 5.77. The van der Waals surface area contributed by atoms with Crippen molar-refractivity contribution in [2.24, 2.45) is 0 Å². The predicted molar refractivity (Wildman–Crippen MR) is 52.5 cm³/mol. The number of nitrogens with one attached hydrogen (secondary N) is 1. The summed E-state index contributed by atoms with van der Waals surface area (Å²) in [6.45, 7) is -1.86. The van der Waals surface area contributed by atoms with Crippen LogP contribution in [0.1, 0.15) is 10.4 Å². The lowest BCUT2D eigenvalue weighted by molar-refractivity contribution is -0.387. The fourth-order valence-electron chi connectivity index (χ4n) is 1.11. The lowest BCUT2D eigenvalue weighted by atomic mass is 10.1. The summed E-state index contributed by atoms with van der Waals surface area (Å²) in [5.74, 6) is -4.59. The lowest BCUT2D eigenvalue weighted by Gasteiger charge is -2.08. The van der Waals surface area contributed by atoms with Gasteiger partial charge in [-0.2, -0.15) is 17.6 Å². The molecule has 0 unspecified atom stereocenters. The molecule has 0 saturated carbocycles.